The van der Waals surface area contributed by atoms with Gasteiger partial charge in [0.05, 0.1) is 6.61 Å². The smallest absolute Gasteiger partial charge is 0.123 e. The SMILES string of the molecule is OC[C@@H]1CCCN1Cc1cnc(-c2ccccc2)s1. The molecule has 0 amide bonds. The van der Waals surface area contributed by atoms with E-state index in [-0.39, 0.29) is 6.61 Å². The topological polar surface area (TPSA) is 36.4 Å². The number of benzene rings is 1. The Morgan fingerprint density at radius 2 is 2.16 bits per heavy atom. The summed E-state index contributed by atoms with van der Waals surface area (Å²) in [5.41, 5.74) is 1.18. The van der Waals surface area contributed by atoms with Gasteiger partial charge in [0, 0.05) is 29.2 Å². The molecule has 1 N–H and O–H groups in total. The molecule has 0 saturated carbocycles. The number of nitrogens with zero attached hydrogens (tertiary/aromatic N) is 2. The quantitative estimate of drug-likeness (QED) is 0.931. The first-order chi connectivity index (χ1) is 9.36. The van der Waals surface area contributed by atoms with Crippen LogP contribution in [0.1, 0.15) is 17.7 Å². The predicted molar refractivity (Wildman–Crippen MR) is 78.1 cm³/mol. The van der Waals surface area contributed by atoms with Gasteiger partial charge >= 0.3 is 0 Å². The minimum atomic E-state index is 0.268. The number of thiazole rings is 1. The molecule has 1 aromatic heterocycles. The molecule has 19 heavy (non-hydrogen) atoms. The summed E-state index contributed by atoms with van der Waals surface area (Å²) in [5.74, 6) is 0. The summed E-state index contributed by atoms with van der Waals surface area (Å²) >= 11 is 1.75. The highest BCUT2D eigenvalue weighted by molar-refractivity contribution is 7.15. The van der Waals surface area contributed by atoms with Gasteiger partial charge in [-0.15, -0.1) is 11.3 Å². The Balaban J connectivity index is 1.72. The van der Waals surface area contributed by atoms with Crippen LogP contribution >= 0.6 is 11.3 Å². The average Bonchev–Trinajstić information content (AvgIpc) is 3.09. The van der Waals surface area contributed by atoms with Crippen LogP contribution in [0, 0.1) is 0 Å². The van der Waals surface area contributed by atoms with Gasteiger partial charge in [0.25, 0.3) is 0 Å². The van der Waals surface area contributed by atoms with Gasteiger partial charge in [-0.3, -0.25) is 4.90 Å². The summed E-state index contributed by atoms with van der Waals surface area (Å²) in [7, 11) is 0. The minimum absolute atomic E-state index is 0.268. The molecule has 0 spiro atoms. The molecule has 100 valence electrons. The van der Waals surface area contributed by atoms with E-state index in [0.717, 1.165) is 24.5 Å². The van der Waals surface area contributed by atoms with Crippen LogP contribution in [0.25, 0.3) is 10.6 Å². The van der Waals surface area contributed by atoms with Crippen molar-refractivity contribution in [3.05, 3.63) is 41.4 Å². The van der Waals surface area contributed by atoms with Crippen molar-refractivity contribution in [1.82, 2.24) is 9.88 Å². The second kappa shape index (κ2) is 5.82. The molecule has 3 rings (SSSR count). The molecule has 1 aliphatic heterocycles. The Bertz CT molecular complexity index is 526. The Morgan fingerprint density at radius 1 is 1.32 bits per heavy atom. The molecule has 1 saturated heterocycles. The van der Waals surface area contributed by atoms with E-state index in [4.69, 9.17) is 0 Å². The van der Waals surface area contributed by atoms with E-state index >= 15 is 0 Å². The fourth-order valence-corrected chi connectivity index (χ4v) is 3.55. The first kappa shape index (κ1) is 12.8. The molecule has 1 aliphatic rings. The second-order valence-electron chi connectivity index (χ2n) is 4.95. The van der Waals surface area contributed by atoms with E-state index in [2.05, 4.69) is 22.0 Å². The van der Waals surface area contributed by atoms with Crippen molar-refractivity contribution in [3.63, 3.8) is 0 Å². The Kier molecular flexibility index (Phi) is 3.92. The molecule has 1 fully saturated rings. The molecule has 0 unspecified atom stereocenters. The van der Waals surface area contributed by atoms with Crippen molar-refractivity contribution in [3.8, 4) is 10.6 Å². The van der Waals surface area contributed by atoms with Gasteiger partial charge in [-0.2, -0.15) is 0 Å². The van der Waals surface area contributed by atoms with Crippen molar-refractivity contribution in [1.29, 1.82) is 0 Å². The van der Waals surface area contributed by atoms with Gasteiger partial charge in [-0.25, -0.2) is 4.98 Å². The fourth-order valence-electron chi connectivity index (χ4n) is 2.61. The van der Waals surface area contributed by atoms with Crippen molar-refractivity contribution in [2.75, 3.05) is 13.2 Å². The summed E-state index contributed by atoms with van der Waals surface area (Å²) in [5, 5.41) is 10.4. The van der Waals surface area contributed by atoms with Gasteiger partial charge in [0.2, 0.25) is 0 Å². The molecule has 0 radical (unpaired) electrons. The minimum Gasteiger partial charge on any atom is -0.395 e. The average molecular weight is 274 g/mol. The molecular formula is C15H18N2OS. The highest BCUT2D eigenvalue weighted by atomic mass is 32.1. The summed E-state index contributed by atoms with van der Waals surface area (Å²) in [6.45, 7) is 2.27. The van der Waals surface area contributed by atoms with Gasteiger partial charge in [-0.05, 0) is 19.4 Å². The lowest BCUT2D eigenvalue weighted by molar-refractivity contribution is 0.154. The number of hydrogen-bond donors (Lipinski definition) is 1. The molecule has 3 nitrogen and oxygen atoms in total. The first-order valence-corrected chi connectivity index (χ1v) is 7.53. The zero-order valence-electron chi connectivity index (χ0n) is 10.8. The van der Waals surface area contributed by atoms with Crippen molar-refractivity contribution in [2.45, 2.75) is 25.4 Å². The highest BCUT2D eigenvalue weighted by Crippen LogP contribution is 2.27. The van der Waals surface area contributed by atoms with Crippen LogP contribution in [0.3, 0.4) is 0 Å². The number of hydrogen-bond acceptors (Lipinski definition) is 4. The van der Waals surface area contributed by atoms with E-state index in [1.165, 1.54) is 16.9 Å². The maximum atomic E-state index is 9.34. The summed E-state index contributed by atoms with van der Waals surface area (Å²) < 4.78 is 0. The van der Waals surface area contributed by atoms with Crippen LogP contribution in [-0.2, 0) is 6.54 Å². The lowest BCUT2D eigenvalue weighted by Gasteiger charge is -2.21. The molecule has 1 atom stereocenters. The van der Waals surface area contributed by atoms with Gasteiger partial charge < -0.3 is 5.11 Å². The first-order valence-electron chi connectivity index (χ1n) is 6.72. The third-order valence-electron chi connectivity index (χ3n) is 3.64. The van der Waals surface area contributed by atoms with E-state index in [1.807, 2.05) is 24.4 Å². The van der Waals surface area contributed by atoms with Gasteiger partial charge in [0.15, 0.2) is 0 Å². The van der Waals surface area contributed by atoms with Crippen LogP contribution in [0.4, 0.5) is 0 Å². The largest absolute Gasteiger partial charge is 0.395 e. The Hall–Kier alpha value is -1.23. The summed E-state index contributed by atoms with van der Waals surface area (Å²) in [4.78, 5) is 8.15. The maximum Gasteiger partial charge on any atom is 0.123 e. The third kappa shape index (κ3) is 2.86. The van der Waals surface area contributed by atoms with Crippen molar-refractivity contribution < 1.29 is 5.11 Å². The van der Waals surface area contributed by atoms with E-state index < -0.39 is 0 Å². The third-order valence-corrected chi connectivity index (χ3v) is 4.67. The number of likely N-dealkylation sites (tertiary alicyclic amines) is 1. The normalized spacial score (nSPS) is 19.9. The molecule has 2 aromatic rings. The van der Waals surface area contributed by atoms with Gasteiger partial charge in [-0.1, -0.05) is 30.3 Å². The van der Waals surface area contributed by atoms with E-state index in [9.17, 15) is 5.11 Å². The molecule has 0 bridgehead atoms. The molecule has 4 heteroatoms. The monoisotopic (exact) mass is 274 g/mol. The number of rotatable bonds is 4. The standard InChI is InChI=1S/C15H18N2OS/c18-11-13-7-4-8-17(13)10-14-9-16-15(19-14)12-5-2-1-3-6-12/h1-3,5-6,9,13,18H,4,7-8,10-11H2/t13-/m0/s1. The second-order valence-corrected chi connectivity index (χ2v) is 6.06. The zero-order chi connectivity index (χ0) is 13.1. The summed E-state index contributed by atoms with van der Waals surface area (Å²) in [6.07, 6.45) is 4.27. The van der Waals surface area contributed by atoms with Crippen LogP contribution in [0.15, 0.2) is 36.5 Å². The van der Waals surface area contributed by atoms with Crippen LogP contribution < -0.4 is 0 Å². The molecule has 0 aliphatic carbocycles. The predicted octanol–water partition coefficient (Wildman–Crippen LogP) is 2.77. The van der Waals surface area contributed by atoms with Crippen LogP contribution in [0.2, 0.25) is 0 Å². The molecule has 2 heterocycles. The van der Waals surface area contributed by atoms with Crippen molar-refractivity contribution >= 4 is 11.3 Å². The van der Waals surface area contributed by atoms with Crippen molar-refractivity contribution in [2.24, 2.45) is 0 Å². The Labute approximate surface area is 117 Å². The lowest BCUT2D eigenvalue weighted by atomic mass is 10.2. The molecule has 1 aromatic carbocycles. The van der Waals surface area contributed by atoms with Gasteiger partial charge in [0.1, 0.15) is 5.01 Å². The Morgan fingerprint density at radius 3 is 2.95 bits per heavy atom. The highest BCUT2D eigenvalue weighted by Gasteiger charge is 2.24. The lowest BCUT2D eigenvalue weighted by Crippen LogP contribution is -2.31. The maximum absolute atomic E-state index is 9.34. The van der Waals surface area contributed by atoms with Crippen LogP contribution in [-0.4, -0.2) is 34.2 Å². The van der Waals surface area contributed by atoms with Crippen LogP contribution in [0.5, 0.6) is 0 Å². The molecular weight excluding hydrogens is 256 g/mol. The fraction of sp³-hybridized carbons (Fsp3) is 0.400. The number of aromatic nitrogens is 1. The number of aliphatic hydroxyl groups excluding tert-OH is 1. The summed E-state index contributed by atoms with van der Waals surface area (Å²) in [6, 6.07) is 10.6. The zero-order valence-corrected chi connectivity index (χ0v) is 11.6. The van der Waals surface area contributed by atoms with E-state index in [1.54, 1.807) is 11.3 Å². The van der Waals surface area contributed by atoms with E-state index in [0.29, 0.717) is 6.04 Å². The number of aliphatic hydroxyl groups is 1.